The van der Waals surface area contributed by atoms with Gasteiger partial charge in [0.2, 0.25) is 0 Å². The van der Waals surface area contributed by atoms with Crippen LogP contribution in [0.4, 0.5) is 18.9 Å². The fourth-order valence-electron chi connectivity index (χ4n) is 6.74. The molecular formula is C31H34F3N5O3. The maximum Gasteiger partial charge on any atom is 0.416 e. The number of halogens is 3. The van der Waals surface area contributed by atoms with E-state index in [2.05, 4.69) is 15.1 Å². The van der Waals surface area contributed by atoms with Gasteiger partial charge in [0.05, 0.1) is 38.0 Å². The van der Waals surface area contributed by atoms with Gasteiger partial charge in [0.15, 0.2) is 0 Å². The molecule has 1 aliphatic carbocycles. The van der Waals surface area contributed by atoms with E-state index in [0.717, 1.165) is 24.2 Å². The fraction of sp³-hybridized carbons (Fsp3) is 0.516. The topological polar surface area (TPSA) is 72.7 Å². The van der Waals surface area contributed by atoms with Crippen molar-refractivity contribution in [1.82, 2.24) is 19.7 Å². The number of rotatable bonds is 7. The van der Waals surface area contributed by atoms with Crippen molar-refractivity contribution in [3.8, 4) is 0 Å². The molecule has 3 aromatic rings. The quantitative estimate of drug-likeness (QED) is 0.409. The summed E-state index contributed by atoms with van der Waals surface area (Å²) < 4.78 is 56.6. The number of aromatic nitrogens is 3. The monoisotopic (exact) mass is 581 g/mol. The van der Waals surface area contributed by atoms with E-state index in [0.29, 0.717) is 63.0 Å². The molecule has 3 fully saturated rings. The van der Waals surface area contributed by atoms with Gasteiger partial charge < -0.3 is 18.9 Å². The molecule has 1 amide bonds. The van der Waals surface area contributed by atoms with Gasteiger partial charge in [-0.3, -0.25) is 9.69 Å². The molecule has 4 aliphatic rings. The summed E-state index contributed by atoms with van der Waals surface area (Å²) in [4.78, 5) is 17.4. The Morgan fingerprint density at radius 3 is 2.64 bits per heavy atom. The Morgan fingerprint density at radius 2 is 1.98 bits per heavy atom. The standard InChI is InChI=1S/C31H34F3N5O3/c1-37-19-35-36-28(37)13-30(17-41-18-30)22-6-3-7-23(12-22)39-15-25-24(29(39)40)10-20(11-26(25)31(32,33)34)14-38-8-9-42-27(16-38)21-4-2-5-21/h3,6-7,10-12,19,21,27H,2,4-5,8-9,13-18H2,1H3. The number of hydrogen-bond acceptors (Lipinski definition) is 6. The van der Waals surface area contributed by atoms with Crippen LogP contribution in [0.2, 0.25) is 0 Å². The first-order valence-corrected chi connectivity index (χ1v) is 14.6. The number of morpholine rings is 1. The van der Waals surface area contributed by atoms with Crippen LogP contribution in [0.3, 0.4) is 0 Å². The summed E-state index contributed by atoms with van der Waals surface area (Å²) in [6.07, 6.45) is 1.32. The summed E-state index contributed by atoms with van der Waals surface area (Å²) in [5.74, 6) is 0.946. The van der Waals surface area contributed by atoms with E-state index in [-0.39, 0.29) is 29.2 Å². The second kappa shape index (κ2) is 10.5. The third-order valence-corrected chi connectivity index (χ3v) is 9.49. The van der Waals surface area contributed by atoms with E-state index in [9.17, 15) is 18.0 Å². The molecule has 3 aliphatic heterocycles. The van der Waals surface area contributed by atoms with Crippen LogP contribution in [-0.2, 0) is 47.6 Å². The summed E-state index contributed by atoms with van der Waals surface area (Å²) in [7, 11) is 1.89. The van der Waals surface area contributed by atoms with E-state index in [1.807, 2.05) is 29.8 Å². The highest BCUT2D eigenvalue weighted by Crippen LogP contribution is 2.42. The third-order valence-electron chi connectivity index (χ3n) is 9.49. The van der Waals surface area contributed by atoms with E-state index < -0.39 is 17.6 Å². The molecule has 1 saturated carbocycles. The molecule has 7 rings (SSSR count). The molecular weight excluding hydrogens is 547 g/mol. The molecule has 2 saturated heterocycles. The molecule has 8 nitrogen and oxygen atoms in total. The van der Waals surface area contributed by atoms with Crippen molar-refractivity contribution in [2.75, 3.05) is 37.8 Å². The van der Waals surface area contributed by atoms with Gasteiger partial charge in [0.1, 0.15) is 12.2 Å². The minimum atomic E-state index is -4.57. The molecule has 1 atom stereocenters. The summed E-state index contributed by atoms with van der Waals surface area (Å²) in [5.41, 5.74) is 1.15. The molecule has 42 heavy (non-hydrogen) atoms. The zero-order valence-electron chi connectivity index (χ0n) is 23.6. The Labute approximate surface area is 242 Å². The normalized spacial score (nSPS) is 22.6. The van der Waals surface area contributed by atoms with E-state index in [4.69, 9.17) is 9.47 Å². The second-order valence-electron chi connectivity index (χ2n) is 12.3. The van der Waals surface area contributed by atoms with Gasteiger partial charge in [0, 0.05) is 49.8 Å². The van der Waals surface area contributed by atoms with Gasteiger partial charge in [0.25, 0.3) is 5.91 Å². The average Bonchev–Trinajstić information content (AvgIpc) is 3.46. The average molecular weight is 582 g/mol. The number of aryl methyl sites for hydroxylation is 1. The first-order valence-electron chi connectivity index (χ1n) is 14.6. The maximum absolute atomic E-state index is 14.4. The van der Waals surface area contributed by atoms with Gasteiger partial charge in [-0.05, 0) is 59.7 Å². The van der Waals surface area contributed by atoms with Gasteiger partial charge >= 0.3 is 6.18 Å². The van der Waals surface area contributed by atoms with Crippen molar-refractivity contribution in [1.29, 1.82) is 0 Å². The minimum absolute atomic E-state index is 0.0387. The van der Waals surface area contributed by atoms with Crippen molar-refractivity contribution >= 4 is 11.6 Å². The Bertz CT molecular complexity index is 1500. The highest BCUT2D eigenvalue weighted by Gasteiger charge is 2.44. The largest absolute Gasteiger partial charge is 0.416 e. The number of alkyl halides is 3. The predicted molar refractivity (Wildman–Crippen MR) is 148 cm³/mol. The molecule has 0 radical (unpaired) electrons. The second-order valence-corrected chi connectivity index (χ2v) is 12.3. The summed E-state index contributed by atoms with van der Waals surface area (Å²) >= 11 is 0. The molecule has 1 aromatic heterocycles. The zero-order chi connectivity index (χ0) is 29.1. The molecule has 2 aromatic carbocycles. The molecule has 0 spiro atoms. The number of amides is 1. The Hall–Kier alpha value is -3.28. The van der Waals surface area contributed by atoms with Crippen LogP contribution in [0.5, 0.6) is 0 Å². The van der Waals surface area contributed by atoms with Crippen LogP contribution in [0.25, 0.3) is 0 Å². The lowest BCUT2D eigenvalue weighted by Gasteiger charge is -2.42. The lowest BCUT2D eigenvalue weighted by atomic mass is 9.75. The van der Waals surface area contributed by atoms with Crippen molar-refractivity contribution in [2.45, 2.75) is 56.5 Å². The van der Waals surface area contributed by atoms with Crippen LogP contribution in [0.1, 0.15) is 57.7 Å². The number of benzene rings is 2. The van der Waals surface area contributed by atoms with Crippen LogP contribution >= 0.6 is 0 Å². The highest BCUT2D eigenvalue weighted by atomic mass is 19.4. The SMILES string of the molecule is Cn1cnnc1CC1(c2cccc(N3Cc4c(cc(CN5CCOC(C6CCC6)C5)cc4C(F)(F)F)C3=O)c2)COC1. The van der Waals surface area contributed by atoms with E-state index in [1.165, 1.54) is 17.4 Å². The molecule has 4 heterocycles. The fourth-order valence-corrected chi connectivity index (χ4v) is 6.74. The number of hydrogen-bond donors (Lipinski definition) is 0. The summed E-state index contributed by atoms with van der Waals surface area (Å²) in [6, 6.07) is 10.4. The number of anilines is 1. The Kier molecular flexibility index (Phi) is 6.86. The predicted octanol–water partition coefficient (Wildman–Crippen LogP) is 4.51. The Morgan fingerprint density at radius 1 is 1.14 bits per heavy atom. The van der Waals surface area contributed by atoms with Gasteiger partial charge in [-0.15, -0.1) is 10.2 Å². The zero-order valence-corrected chi connectivity index (χ0v) is 23.6. The summed E-state index contributed by atoms with van der Waals surface area (Å²) in [6.45, 7) is 3.15. The first-order chi connectivity index (χ1) is 20.2. The molecule has 0 N–H and O–H groups in total. The van der Waals surface area contributed by atoms with Gasteiger partial charge in [-0.2, -0.15) is 13.2 Å². The molecule has 1 unspecified atom stereocenters. The molecule has 0 bridgehead atoms. The van der Waals surface area contributed by atoms with Crippen molar-refractivity contribution in [3.63, 3.8) is 0 Å². The summed E-state index contributed by atoms with van der Waals surface area (Å²) in [5, 5.41) is 8.20. The molecule has 11 heteroatoms. The number of carbonyl (C=O) groups excluding carboxylic acids is 1. The third kappa shape index (κ3) is 4.91. The Balaban J connectivity index is 1.16. The van der Waals surface area contributed by atoms with Crippen molar-refractivity contribution in [2.24, 2.45) is 13.0 Å². The number of ether oxygens (including phenoxy) is 2. The highest BCUT2D eigenvalue weighted by molar-refractivity contribution is 6.10. The van der Waals surface area contributed by atoms with Crippen LogP contribution in [0, 0.1) is 5.92 Å². The van der Waals surface area contributed by atoms with E-state index in [1.54, 1.807) is 18.5 Å². The van der Waals surface area contributed by atoms with Gasteiger partial charge in [-0.1, -0.05) is 18.6 Å². The smallest absolute Gasteiger partial charge is 0.379 e. The van der Waals surface area contributed by atoms with Crippen molar-refractivity contribution < 1.29 is 27.4 Å². The van der Waals surface area contributed by atoms with Crippen LogP contribution in [0.15, 0.2) is 42.7 Å². The lowest BCUT2D eigenvalue weighted by molar-refractivity contribution is -0.138. The first kappa shape index (κ1) is 27.5. The number of nitrogens with zero attached hydrogens (tertiary/aromatic N) is 5. The van der Waals surface area contributed by atoms with E-state index >= 15 is 0 Å². The van der Waals surface area contributed by atoms with Crippen molar-refractivity contribution in [3.05, 3.63) is 76.4 Å². The van der Waals surface area contributed by atoms with Gasteiger partial charge in [-0.25, -0.2) is 0 Å². The number of fused-ring (bicyclic) bond motifs is 1. The van der Waals surface area contributed by atoms with Crippen LogP contribution < -0.4 is 4.90 Å². The number of carbonyl (C=O) groups is 1. The van der Waals surface area contributed by atoms with Crippen LogP contribution in [-0.4, -0.2) is 64.6 Å². The maximum atomic E-state index is 14.4. The lowest BCUT2D eigenvalue weighted by Crippen LogP contribution is -2.49. The minimum Gasteiger partial charge on any atom is -0.379 e. The molecule has 222 valence electrons.